The highest BCUT2D eigenvalue weighted by molar-refractivity contribution is 6.31. The molecule has 7 heteroatoms. The monoisotopic (exact) mass is 450 g/mol. The van der Waals surface area contributed by atoms with Crippen LogP contribution in [0.5, 0.6) is 0 Å². The molecule has 3 amide bonds. The molecule has 1 aromatic heterocycles. The van der Waals surface area contributed by atoms with E-state index in [9.17, 15) is 9.59 Å². The van der Waals surface area contributed by atoms with E-state index in [1.807, 2.05) is 55.1 Å². The number of amides is 3. The van der Waals surface area contributed by atoms with Crippen molar-refractivity contribution in [3.63, 3.8) is 0 Å². The number of anilines is 1. The van der Waals surface area contributed by atoms with Crippen LogP contribution in [-0.2, 0) is 11.2 Å². The Morgan fingerprint density at radius 2 is 1.69 bits per heavy atom. The number of aryl methyl sites for hydroxylation is 3. The smallest absolute Gasteiger partial charge is 0.321 e. The molecule has 0 aliphatic carbocycles. The van der Waals surface area contributed by atoms with Crippen LogP contribution in [0.2, 0.25) is 5.02 Å². The van der Waals surface area contributed by atoms with E-state index >= 15 is 0 Å². The minimum atomic E-state index is -0.178. The molecule has 1 aliphatic rings. The van der Waals surface area contributed by atoms with Crippen LogP contribution >= 0.6 is 11.6 Å². The van der Waals surface area contributed by atoms with Crippen LogP contribution in [-0.4, -0.2) is 52.9 Å². The van der Waals surface area contributed by atoms with Crippen molar-refractivity contribution in [2.45, 2.75) is 27.2 Å². The van der Waals surface area contributed by atoms with Gasteiger partial charge in [-0.05, 0) is 55.7 Å². The van der Waals surface area contributed by atoms with Gasteiger partial charge in [0, 0.05) is 48.0 Å². The lowest BCUT2D eigenvalue weighted by molar-refractivity contribution is -0.131. The van der Waals surface area contributed by atoms with Crippen LogP contribution in [0.15, 0.2) is 42.5 Å². The quantitative estimate of drug-likeness (QED) is 0.627. The van der Waals surface area contributed by atoms with Gasteiger partial charge in [0.2, 0.25) is 5.91 Å². The third-order valence-electron chi connectivity index (χ3n) is 6.16. The first-order valence-corrected chi connectivity index (χ1v) is 11.2. The zero-order valence-electron chi connectivity index (χ0n) is 18.6. The zero-order valence-corrected chi connectivity index (χ0v) is 19.4. The Hall–Kier alpha value is -3.12. The van der Waals surface area contributed by atoms with Crippen molar-refractivity contribution in [2.75, 3.05) is 31.5 Å². The van der Waals surface area contributed by atoms with Crippen molar-refractivity contribution in [1.82, 2.24) is 14.8 Å². The fourth-order valence-corrected chi connectivity index (χ4v) is 4.31. The molecular formula is C25H27ClN4O2. The number of hydrogen-bond acceptors (Lipinski definition) is 3. The van der Waals surface area contributed by atoms with E-state index in [1.54, 1.807) is 11.0 Å². The standard InChI is InChI=1S/C25H27ClN4O2/c1-16-8-9-19(14-22(16)26)28-25(32)30-12-10-29(11-13-30)24(31)15-21-17(2)20-6-4-5-7-23(20)27-18(21)3/h4-9,14H,10-13,15H2,1-3H3,(H,28,32). The normalized spacial score (nSPS) is 14.0. The molecule has 1 fully saturated rings. The minimum Gasteiger partial charge on any atom is -0.339 e. The Morgan fingerprint density at radius 3 is 2.41 bits per heavy atom. The number of aromatic nitrogens is 1. The maximum Gasteiger partial charge on any atom is 0.321 e. The van der Waals surface area contributed by atoms with Crippen molar-refractivity contribution in [3.8, 4) is 0 Å². The van der Waals surface area contributed by atoms with Gasteiger partial charge >= 0.3 is 6.03 Å². The van der Waals surface area contributed by atoms with E-state index in [2.05, 4.69) is 17.2 Å². The number of para-hydroxylation sites is 1. The Bertz CT molecular complexity index is 1190. The number of benzene rings is 2. The van der Waals surface area contributed by atoms with Crippen LogP contribution in [0.25, 0.3) is 10.9 Å². The molecule has 1 aliphatic heterocycles. The highest BCUT2D eigenvalue weighted by atomic mass is 35.5. The maximum atomic E-state index is 13.0. The first kappa shape index (κ1) is 22.1. The summed E-state index contributed by atoms with van der Waals surface area (Å²) in [5.41, 5.74) is 5.57. The predicted octanol–water partition coefficient (Wildman–Crippen LogP) is 4.73. The summed E-state index contributed by atoms with van der Waals surface area (Å²) < 4.78 is 0. The van der Waals surface area contributed by atoms with Crippen LogP contribution in [0.4, 0.5) is 10.5 Å². The van der Waals surface area contributed by atoms with Crippen LogP contribution in [0, 0.1) is 20.8 Å². The Balaban J connectivity index is 1.37. The molecular weight excluding hydrogens is 424 g/mol. The summed E-state index contributed by atoms with van der Waals surface area (Å²) in [6.45, 7) is 7.94. The number of carbonyl (C=O) groups excluding carboxylic acids is 2. The Kier molecular flexibility index (Phi) is 6.33. The Morgan fingerprint density at radius 1 is 1.00 bits per heavy atom. The zero-order chi connectivity index (χ0) is 22.8. The number of rotatable bonds is 3. The summed E-state index contributed by atoms with van der Waals surface area (Å²) in [7, 11) is 0. The van der Waals surface area contributed by atoms with Crippen molar-refractivity contribution < 1.29 is 9.59 Å². The van der Waals surface area contributed by atoms with Crippen LogP contribution in [0.1, 0.15) is 22.4 Å². The summed E-state index contributed by atoms with van der Waals surface area (Å²) in [4.78, 5) is 33.9. The van der Waals surface area contributed by atoms with Gasteiger partial charge in [-0.2, -0.15) is 0 Å². The molecule has 0 atom stereocenters. The lowest BCUT2D eigenvalue weighted by atomic mass is 9.99. The van der Waals surface area contributed by atoms with Gasteiger partial charge in [-0.1, -0.05) is 35.9 Å². The van der Waals surface area contributed by atoms with Gasteiger partial charge in [0.1, 0.15) is 0 Å². The molecule has 3 aromatic rings. The van der Waals surface area contributed by atoms with Gasteiger partial charge in [0.05, 0.1) is 11.9 Å². The molecule has 0 spiro atoms. The van der Waals surface area contributed by atoms with Crippen LogP contribution in [0.3, 0.4) is 0 Å². The van der Waals surface area contributed by atoms with E-state index in [-0.39, 0.29) is 11.9 Å². The van der Waals surface area contributed by atoms with Crippen molar-refractivity contribution in [2.24, 2.45) is 0 Å². The van der Waals surface area contributed by atoms with Gasteiger partial charge in [0.25, 0.3) is 0 Å². The third-order valence-corrected chi connectivity index (χ3v) is 6.56. The second-order valence-corrected chi connectivity index (χ2v) is 8.66. The fourth-order valence-electron chi connectivity index (χ4n) is 4.13. The molecule has 32 heavy (non-hydrogen) atoms. The number of nitrogens with zero attached hydrogens (tertiary/aromatic N) is 3. The number of pyridine rings is 1. The average molecular weight is 451 g/mol. The highest BCUT2D eigenvalue weighted by Gasteiger charge is 2.25. The first-order chi connectivity index (χ1) is 15.3. The van der Waals surface area contributed by atoms with E-state index in [4.69, 9.17) is 11.6 Å². The molecule has 0 unspecified atom stereocenters. The molecule has 2 aromatic carbocycles. The lowest BCUT2D eigenvalue weighted by Crippen LogP contribution is -2.52. The average Bonchev–Trinajstić information content (AvgIpc) is 2.79. The molecule has 166 valence electrons. The molecule has 2 heterocycles. The molecule has 0 saturated carbocycles. The molecule has 1 saturated heterocycles. The van der Waals surface area contributed by atoms with E-state index in [0.717, 1.165) is 33.3 Å². The first-order valence-electron chi connectivity index (χ1n) is 10.8. The number of piperazine rings is 1. The molecule has 1 N–H and O–H groups in total. The number of nitrogens with one attached hydrogen (secondary N) is 1. The van der Waals surface area contributed by atoms with E-state index < -0.39 is 0 Å². The highest BCUT2D eigenvalue weighted by Crippen LogP contribution is 2.24. The van der Waals surface area contributed by atoms with Gasteiger partial charge in [-0.15, -0.1) is 0 Å². The molecule has 6 nitrogen and oxygen atoms in total. The minimum absolute atomic E-state index is 0.0682. The number of halogens is 1. The van der Waals surface area contributed by atoms with Crippen molar-refractivity contribution in [1.29, 1.82) is 0 Å². The van der Waals surface area contributed by atoms with Crippen molar-refractivity contribution in [3.05, 3.63) is 69.9 Å². The second kappa shape index (κ2) is 9.17. The summed E-state index contributed by atoms with van der Waals surface area (Å²) in [5.74, 6) is 0.0682. The maximum absolute atomic E-state index is 13.0. The van der Waals surface area contributed by atoms with Gasteiger partial charge in [0.15, 0.2) is 0 Å². The number of carbonyl (C=O) groups is 2. The van der Waals surface area contributed by atoms with Crippen LogP contribution < -0.4 is 5.32 Å². The second-order valence-electron chi connectivity index (χ2n) is 8.26. The predicted molar refractivity (Wildman–Crippen MR) is 128 cm³/mol. The molecule has 0 bridgehead atoms. The topological polar surface area (TPSA) is 65.5 Å². The number of fused-ring (bicyclic) bond motifs is 1. The van der Waals surface area contributed by atoms with Gasteiger partial charge in [-0.3, -0.25) is 9.78 Å². The third kappa shape index (κ3) is 4.55. The summed E-state index contributed by atoms with van der Waals surface area (Å²) in [6.07, 6.45) is 0.323. The molecule has 4 rings (SSSR count). The van der Waals surface area contributed by atoms with Gasteiger partial charge < -0.3 is 15.1 Å². The summed E-state index contributed by atoms with van der Waals surface area (Å²) in [5, 5.41) is 4.59. The van der Waals surface area contributed by atoms with Crippen molar-refractivity contribution >= 4 is 40.1 Å². The number of hydrogen-bond donors (Lipinski definition) is 1. The fraction of sp³-hybridized carbons (Fsp3) is 0.320. The number of urea groups is 1. The van der Waals surface area contributed by atoms with E-state index in [1.165, 1.54) is 0 Å². The lowest BCUT2D eigenvalue weighted by Gasteiger charge is -2.35. The molecule has 0 radical (unpaired) electrons. The Labute approximate surface area is 193 Å². The largest absolute Gasteiger partial charge is 0.339 e. The summed E-state index contributed by atoms with van der Waals surface area (Å²) in [6, 6.07) is 13.3. The van der Waals surface area contributed by atoms with E-state index in [0.29, 0.717) is 43.3 Å². The SMILES string of the molecule is Cc1ccc(NC(=O)N2CCN(C(=O)Cc3c(C)nc4ccccc4c3C)CC2)cc1Cl. The van der Waals surface area contributed by atoms with Gasteiger partial charge in [-0.25, -0.2) is 4.79 Å². The summed E-state index contributed by atoms with van der Waals surface area (Å²) >= 11 is 6.14.